The maximum absolute atomic E-state index is 13.5. The van der Waals surface area contributed by atoms with Gasteiger partial charge in [-0.2, -0.15) is 0 Å². The molecular formula is C23H23NO5. The van der Waals surface area contributed by atoms with Crippen LogP contribution in [0.15, 0.2) is 58.4 Å². The Morgan fingerprint density at radius 3 is 2.79 bits per heavy atom. The molecule has 1 amide bonds. The molecule has 1 aliphatic carbocycles. The smallest absolute Gasteiger partial charge is 0.290 e. The van der Waals surface area contributed by atoms with Crippen LogP contribution >= 0.6 is 0 Å². The third-order valence-electron chi connectivity index (χ3n) is 6.17. The van der Waals surface area contributed by atoms with Gasteiger partial charge in [0.2, 0.25) is 0 Å². The number of methoxy groups -OCH3 is 1. The Balaban J connectivity index is 1.60. The van der Waals surface area contributed by atoms with E-state index in [9.17, 15) is 9.59 Å². The van der Waals surface area contributed by atoms with Crippen LogP contribution in [0.4, 0.5) is 0 Å². The van der Waals surface area contributed by atoms with Crippen LogP contribution in [0, 0.1) is 5.92 Å². The Hall–Kier alpha value is -3.02. The van der Waals surface area contributed by atoms with Crippen molar-refractivity contribution in [3.8, 4) is 5.75 Å². The number of amides is 1. The molecular weight excluding hydrogens is 370 g/mol. The second kappa shape index (κ2) is 7.10. The minimum absolute atomic E-state index is 0.0547. The van der Waals surface area contributed by atoms with E-state index in [4.69, 9.17) is 13.9 Å². The fourth-order valence-electron chi connectivity index (χ4n) is 4.78. The molecule has 1 saturated carbocycles. The summed E-state index contributed by atoms with van der Waals surface area (Å²) in [5.41, 5.74) is 1.32. The number of ketones is 1. The number of rotatable bonds is 4. The molecule has 2 aliphatic heterocycles. The van der Waals surface area contributed by atoms with Crippen molar-refractivity contribution < 1.29 is 23.5 Å². The molecule has 0 radical (unpaired) electrons. The summed E-state index contributed by atoms with van der Waals surface area (Å²) in [5, 5.41) is 0. The molecule has 1 fully saturated rings. The Kier molecular flexibility index (Phi) is 4.42. The quantitative estimate of drug-likeness (QED) is 0.791. The Bertz CT molecular complexity index is 977. The molecule has 3 atom stereocenters. The van der Waals surface area contributed by atoms with Crippen LogP contribution in [0.25, 0.3) is 0 Å². The van der Waals surface area contributed by atoms with Crippen LogP contribution in [0.1, 0.15) is 43.0 Å². The first-order valence-electron chi connectivity index (χ1n) is 10.1. The van der Waals surface area contributed by atoms with Gasteiger partial charge in [-0.15, -0.1) is 0 Å². The number of carbonyl (C=O) groups excluding carboxylic acids is 2. The van der Waals surface area contributed by atoms with Crippen molar-refractivity contribution in [2.75, 3.05) is 7.11 Å². The van der Waals surface area contributed by atoms with Gasteiger partial charge in [-0.25, -0.2) is 0 Å². The van der Waals surface area contributed by atoms with Crippen LogP contribution in [0.3, 0.4) is 0 Å². The van der Waals surface area contributed by atoms with Gasteiger partial charge >= 0.3 is 0 Å². The number of hydrogen-bond donors (Lipinski definition) is 0. The summed E-state index contributed by atoms with van der Waals surface area (Å²) in [6.07, 6.45) is 5.08. The lowest BCUT2D eigenvalue weighted by Gasteiger charge is -2.35. The SMILES string of the molecule is COc1cccc(C2C3=C(OC4CCCCC4C3=O)C(=O)N2Cc2ccco2)c1. The van der Waals surface area contributed by atoms with Crippen molar-refractivity contribution in [3.05, 3.63) is 65.3 Å². The van der Waals surface area contributed by atoms with Gasteiger partial charge in [0.1, 0.15) is 17.6 Å². The van der Waals surface area contributed by atoms with Crippen LogP contribution in [-0.2, 0) is 20.9 Å². The summed E-state index contributed by atoms with van der Waals surface area (Å²) in [7, 11) is 1.60. The van der Waals surface area contributed by atoms with Gasteiger partial charge in [-0.05, 0) is 49.1 Å². The van der Waals surface area contributed by atoms with E-state index in [0.717, 1.165) is 31.2 Å². The van der Waals surface area contributed by atoms with Gasteiger partial charge in [-0.3, -0.25) is 9.59 Å². The molecule has 150 valence electrons. The van der Waals surface area contributed by atoms with Crippen molar-refractivity contribution in [1.82, 2.24) is 4.90 Å². The zero-order valence-electron chi connectivity index (χ0n) is 16.3. The molecule has 0 spiro atoms. The van der Waals surface area contributed by atoms with E-state index in [2.05, 4.69) is 0 Å². The van der Waals surface area contributed by atoms with Crippen LogP contribution in [0.2, 0.25) is 0 Å². The van der Waals surface area contributed by atoms with Gasteiger partial charge in [0, 0.05) is 0 Å². The average Bonchev–Trinajstić information content (AvgIpc) is 3.36. The van der Waals surface area contributed by atoms with Crippen LogP contribution < -0.4 is 4.74 Å². The Morgan fingerprint density at radius 2 is 2.00 bits per heavy atom. The van der Waals surface area contributed by atoms with Gasteiger partial charge in [0.15, 0.2) is 11.5 Å². The number of carbonyl (C=O) groups is 2. The van der Waals surface area contributed by atoms with Crippen molar-refractivity contribution in [1.29, 1.82) is 0 Å². The topological polar surface area (TPSA) is 69.0 Å². The Labute approximate surface area is 169 Å². The third-order valence-corrected chi connectivity index (χ3v) is 6.17. The first kappa shape index (κ1) is 18.0. The largest absolute Gasteiger partial charge is 0.497 e. The first-order chi connectivity index (χ1) is 14.2. The summed E-state index contributed by atoms with van der Waals surface area (Å²) in [5.74, 6) is 1.21. The Morgan fingerprint density at radius 1 is 1.14 bits per heavy atom. The fraction of sp³-hybridized carbons (Fsp3) is 0.391. The van der Waals surface area contributed by atoms with E-state index < -0.39 is 6.04 Å². The highest BCUT2D eigenvalue weighted by atomic mass is 16.5. The van der Waals surface area contributed by atoms with E-state index in [1.165, 1.54) is 0 Å². The molecule has 0 N–H and O–H groups in total. The number of benzene rings is 1. The molecule has 0 saturated heterocycles. The molecule has 29 heavy (non-hydrogen) atoms. The normalized spacial score (nSPS) is 26.2. The van der Waals surface area contributed by atoms with Crippen molar-refractivity contribution in [2.24, 2.45) is 5.92 Å². The van der Waals surface area contributed by atoms with E-state index in [1.54, 1.807) is 24.3 Å². The molecule has 1 aromatic carbocycles. The number of ether oxygens (including phenoxy) is 2. The van der Waals surface area contributed by atoms with E-state index in [1.807, 2.05) is 30.3 Å². The van der Waals surface area contributed by atoms with Crippen LogP contribution in [0.5, 0.6) is 5.75 Å². The minimum Gasteiger partial charge on any atom is -0.497 e. The maximum atomic E-state index is 13.5. The predicted molar refractivity (Wildman–Crippen MR) is 104 cm³/mol. The summed E-state index contributed by atoms with van der Waals surface area (Å²) in [6.45, 7) is 0.271. The number of nitrogens with zero attached hydrogens (tertiary/aromatic N) is 1. The molecule has 6 heteroatoms. The molecule has 5 rings (SSSR count). The highest BCUT2D eigenvalue weighted by Gasteiger charge is 2.52. The standard InChI is InChI=1S/C23H23NO5/c1-27-15-7-4-6-14(12-15)20-19-21(25)17-9-2-3-10-18(17)29-22(19)23(26)24(20)13-16-8-5-11-28-16/h4-8,11-12,17-18,20H,2-3,9-10,13H2,1H3. The molecule has 3 heterocycles. The number of Topliss-reactive ketones (excluding diaryl/α,β-unsaturated/α-hetero) is 1. The number of fused-ring (bicyclic) bond motifs is 1. The average molecular weight is 393 g/mol. The lowest BCUT2D eigenvalue weighted by atomic mass is 9.77. The summed E-state index contributed by atoms with van der Waals surface area (Å²) in [6, 6.07) is 10.6. The molecule has 1 aromatic heterocycles. The number of hydrogen-bond acceptors (Lipinski definition) is 5. The maximum Gasteiger partial charge on any atom is 0.290 e. The molecule has 3 unspecified atom stereocenters. The molecule has 0 bridgehead atoms. The summed E-state index contributed by atoms with van der Waals surface area (Å²) in [4.78, 5) is 28.5. The van der Waals surface area contributed by atoms with Gasteiger partial charge in [0.05, 0.1) is 37.5 Å². The van der Waals surface area contributed by atoms with Crippen molar-refractivity contribution >= 4 is 11.7 Å². The second-order valence-electron chi connectivity index (χ2n) is 7.85. The zero-order chi connectivity index (χ0) is 20.0. The van der Waals surface area contributed by atoms with Gasteiger partial charge in [0.25, 0.3) is 5.91 Å². The van der Waals surface area contributed by atoms with E-state index in [-0.39, 0.29) is 36.0 Å². The molecule has 3 aliphatic rings. The lowest BCUT2D eigenvalue weighted by Crippen LogP contribution is -2.39. The lowest BCUT2D eigenvalue weighted by molar-refractivity contribution is -0.135. The van der Waals surface area contributed by atoms with Gasteiger partial charge in [-0.1, -0.05) is 18.6 Å². The van der Waals surface area contributed by atoms with E-state index >= 15 is 0 Å². The molecule has 2 aromatic rings. The highest BCUT2D eigenvalue weighted by Crippen LogP contribution is 2.47. The van der Waals surface area contributed by atoms with Crippen LogP contribution in [-0.4, -0.2) is 29.8 Å². The van der Waals surface area contributed by atoms with Crippen molar-refractivity contribution in [2.45, 2.75) is 44.4 Å². The highest BCUT2D eigenvalue weighted by molar-refractivity contribution is 6.11. The second-order valence-corrected chi connectivity index (χ2v) is 7.85. The monoisotopic (exact) mass is 393 g/mol. The summed E-state index contributed by atoms with van der Waals surface area (Å²) >= 11 is 0. The van der Waals surface area contributed by atoms with Crippen molar-refractivity contribution in [3.63, 3.8) is 0 Å². The summed E-state index contributed by atoms with van der Waals surface area (Å²) < 4.78 is 17.0. The predicted octanol–water partition coefficient (Wildman–Crippen LogP) is 3.78. The van der Waals surface area contributed by atoms with E-state index in [0.29, 0.717) is 17.1 Å². The minimum atomic E-state index is -0.506. The van der Waals surface area contributed by atoms with Gasteiger partial charge < -0.3 is 18.8 Å². The first-order valence-corrected chi connectivity index (χ1v) is 10.1. The molecule has 6 nitrogen and oxygen atoms in total. The third kappa shape index (κ3) is 2.94. The fourth-order valence-corrected chi connectivity index (χ4v) is 4.78. The number of furan rings is 1. The zero-order valence-corrected chi connectivity index (χ0v) is 16.3.